The zero-order valence-electron chi connectivity index (χ0n) is 21.4. The van der Waals surface area contributed by atoms with E-state index in [0.29, 0.717) is 15.9 Å². The van der Waals surface area contributed by atoms with Gasteiger partial charge < -0.3 is 4.57 Å². The van der Waals surface area contributed by atoms with Crippen LogP contribution in [0, 0.1) is 13.8 Å². The van der Waals surface area contributed by atoms with Crippen molar-refractivity contribution in [1.82, 2.24) is 9.99 Å². The van der Waals surface area contributed by atoms with Crippen molar-refractivity contribution in [2.45, 2.75) is 24.9 Å². The zero-order chi connectivity index (χ0) is 29.1. The Hall–Kier alpha value is -3.90. The maximum absolute atomic E-state index is 13.4. The van der Waals surface area contributed by atoms with Gasteiger partial charge in [0.1, 0.15) is 6.54 Å². The first-order valence-corrected chi connectivity index (χ1v) is 14.1. The van der Waals surface area contributed by atoms with E-state index in [1.54, 1.807) is 6.07 Å². The van der Waals surface area contributed by atoms with Crippen LogP contribution in [0.25, 0.3) is 5.69 Å². The smallest absolute Gasteiger partial charge is 0.318 e. The highest BCUT2D eigenvalue weighted by molar-refractivity contribution is 9.10. The number of carbonyl (C=O) groups is 1. The molecule has 1 N–H and O–H groups in total. The number of nitrogens with one attached hydrogen (secondary N) is 1. The van der Waals surface area contributed by atoms with Gasteiger partial charge >= 0.3 is 6.18 Å². The highest BCUT2D eigenvalue weighted by Gasteiger charge is 2.33. The Balaban J connectivity index is 1.59. The van der Waals surface area contributed by atoms with E-state index in [1.807, 2.05) is 48.7 Å². The average Bonchev–Trinajstić information content (AvgIpc) is 3.19. The van der Waals surface area contributed by atoms with Crippen LogP contribution in [0.2, 0.25) is 0 Å². The lowest BCUT2D eigenvalue weighted by Gasteiger charge is -2.24. The predicted octanol–water partition coefficient (Wildman–Crippen LogP) is 6.22. The summed E-state index contributed by atoms with van der Waals surface area (Å²) < 4.78 is 70.4. The number of anilines is 1. The van der Waals surface area contributed by atoms with Crippen LogP contribution in [-0.4, -0.2) is 31.7 Å². The van der Waals surface area contributed by atoms with Crippen molar-refractivity contribution in [2.24, 2.45) is 5.10 Å². The summed E-state index contributed by atoms with van der Waals surface area (Å²) in [5.74, 6) is -0.839. The standard InChI is InChI=1S/C28H24BrF3N4O3S/c1-19-14-21(20(2)36(19)25-11-7-9-23(29)16-25)17-33-34-27(37)18-35(40(38,39)26-12-4-3-5-13-26)24-10-6-8-22(15-24)28(30,31)32/h3-17H,18H2,1-2H3,(H,34,37)/b33-17+. The van der Waals surface area contributed by atoms with E-state index in [1.165, 1.54) is 36.5 Å². The number of benzene rings is 3. The molecule has 0 aliphatic heterocycles. The van der Waals surface area contributed by atoms with Gasteiger partial charge in [0.05, 0.1) is 22.4 Å². The number of carbonyl (C=O) groups excluding carboxylic acids is 1. The first-order valence-electron chi connectivity index (χ1n) is 11.9. The molecule has 40 heavy (non-hydrogen) atoms. The maximum atomic E-state index is 13.4. The van der Waals surface area contributed by atoms with Crippen molar-refractivity contribution in [3.8, 4) is 5.69 Å². The Morgan fingerprint density at radius 1 is 1.00 bits per heavy atom. The van der Waals surface area contributed by atoms with Crippen molar-refractivity contribution >= 4 is 43.8 Å². The minimum Gasteiger partial charge on any atom is -0.318 e. The number of rotatable bonds is 8. The van der Waals surface area contributed by atoms with Gasteiger partial charge in [0.2, 0.25) is 0 Å². The molecular formula is C28H24BrF3N4O3S. The van der Waals surface area contributed by atoms with Gasteiger partial charge in [0.15, 0.2) is 0 Å². The summed E-state index contributed by atoms with van der Waals surface area (Å²) >= 11 is 3.46. The van der Waals surface area contributed by atoms with Crippen LogP contribution in [0.4, 0.5) is 18.9 Å². The first-order chi connectivity index (χ1) is 18.9. The Kier molecular flexibility index (Phi) is 8.50. The third kappa shape index (κ3) is 6.45. The lowest BCUT2D eigenvalue weighted by atomic mass is 10.2. The Morgan fingerprint density at radius 3 is 2.38 bits per heavy atom. The summed E-state index contributed by atoms with van der Waals surface area (Å²) in [7, 11) is -4.39. The molecule has 0 aliphatic rings. The number of aromatic nitrogens is 1. The molecule has 0 aliphatic carbocycles. The van der Waals surface area contributed by atoms with Crippen LogP contribution in [0.15, 0.2) is 99.4 Å². The Labute approximate surface area is 238 Å². The molecular weight excluding hydrogens is 609 g/mol. The Morgan fingerprint density at radius 2 is 1.70 bits per heavy atom. The number of aryl methyl sites for hydroxylation is 1. The number of amides is 1. The molecule has 0 radical (unpaired) electrons. The fraction of sp³-hybridized carbons (Fsp3) is 0.143. The number of alkyl halides is 3. The lowest BCUT2D eigenvalue weighted by Crippen LogP contribution is -2.39. The normalized spacial score (nSPS) is 12.1. The molecule has 3 aromatic carbocycles. The predicted molar refractivity (Wildman–Crippen MR) is 151 cm³/mol. The van der Waals surface area contributed by atoms with E-state index in [-0.39, 0.29) is 10.6 Å². The molecule has 7 nitrogen and oxygen atoms in total. The van der Waals surface area contributed by atoms with Crippen molar-refractivity contribution in [1.29, 1.82) is 0 Å². The van der Waals surface area contributed by atoms with Crippen molar-refractivity contribution in [3.05, 3.63) is 112 Å². The monoisotopic (exact) mass is 632 g/mol. The van der Waals surface area contributed by atoms with E-state index < -0.39 is 34.2 Å². The topological polar surface area (TPSA) is 83.8 Å². The van der Waals surface area contributed by atoms with Crippen LogP contribution in [0.5, 0.6) is 0 Å². The molecule has 0 saturated heterocycles. The van der Waals surface area contributed by atoms with Crippen LogP contribution in [-0.2, 0) is 21.0 Å². The quantitative estimate of drug-likeness (QED) is 0.185. The Bertz CT molecular complexity index is 1670. The largest absolute Gasteiger partial charge is 0.416 e. The van der Waals surface area contributed by atoms with Crippen LogP contribution in [0.1, 0.15) is 22.5 Å². The summed E-state index contributed by atoms with van der Waals surface area (Å²) in [6.45, 7) is 3.01. The molecule has 1 amide bonds. The van der Waals surface area contributed by atoms with E-state index >= 15 is 0 Å². The molecule has 0 unspecified atom stereocenters. The summed E-state index contributed by atoms with van der Waals surface area (Å²) in [5, 5.41) is 3.98. The summed E-state index contributed by atoms with van der Waals surface area (Å²) in [6.07, 6.45) is -3.28. The second kappa shape index (κ2) is 11.7. The average molecular weight is 633 g/mol. The number of hydrazone groups is 1. The summed E-state index contributed by atoms with van der Waals surface area (Å²) in [5.41, 5.74) is 4.35. The molecule has 12 heteroatoms. The third-order valence-corrected chi connectivity index (χ3v) is 8.29. The number of nitrogens with zero attached hydrogens (tertiary/aromatic N) is 3. The molecule has 0 saturated carbocycles. The molecule has 0 atom stereocenters. The lowest BCUT2D eigenvalue weighted by molar-refractivity contribution is -0.137. The van der Waals surface area contributed by atoms with Gasteiger partial charge in [-0.15, -0.1) is 0 Å². The second-order valence-corrected chi connectivity index (χ2v) is 11.6. The van der Waals surface area contributed by atoms with Crippen LogP contribution in [0.3, 0.4) is 0 Å². The van der Waals surface area contributed by atoms with Gasteiger partial charge in [-0.3, -0.25) is 9.10 Å². The van der Waals surface area contributed by atoms with Crippen molar-refractivity contribution in [2.75, 3.05) is 10.8 Å². The van der Waals surface area contributed by atoms with Crippen molar-refractivity contribution in [3.63, 3.8) is 0 Å². The highest BCUT2D eigenvalue weighted by Crippen LogP contribution is 2.33. The first kappa shape index (κ1) is 29.1. The van der Waals surface area contributed by atoms with Gasteiger partial charge in [0.25, 0.3) is 15.9 Å². The van der Waals surface area contributed by atoms with E-state index in [0.717, 1.165) is 33.7 Å². The van der Waals surface area contributed by atoms with Gasteiger partial charge in [-0.25, -0.2) is 13.8 Å². The van der Waals surface area contributed by atoms with Crippen molar-refractivity contribution < 1.29 is 26.4 Å². The summed E-state index contributed by atoms with van der Waals surface area (Å²) in [6, 6.07) is 20.6. The molecule has 1 heterocycles. The minimum absolute atomic E-state index is 0.177. The van der Waals surface area contributed by atoms with Gasteiger partial charge in [-0.1, -0.05) is 46.3 Å². The van der Waals surface area contributed by atoms with Gasteiger partial charge in [0, 0.05) is 27.1 Å². The van der Waals surface area contributed by atoms with Gasteiger partial charge in [-0.2, -0.15) is 18.3 Å². The third-order valence-electron chi connectivity index (χ3n) is 6.01. The van der Waals surface area contributed by atoms with Gasteiger partial charge in [-0.05, 0) is 68.4 Å². The highest BCUT2D eigenvalue weighted by atomic mass is 79.9. The van der Waals surface area contributed by atoms with E-state index in [4.69, 9.17) is 0 Å². The molecule has 4 rings (SSSR count). The number of sulfonamides is 1. The molecule has 1 aromatic heterocycles. The maximum Gasteiger partial charge on any atom is 0.416 e. The number of hydrogen-bond acceptors (Lipinski definition) is 4. The van der Waals surface area contributed by atoms with E-state index in [9.17, 15) is 26.4 Å². The second-order valence-electron chi connectivity index (χ2n) is 8.81. The minimum atomic E-state index is -4.70. The van der Waals surface area contributed by atoms with Crippen LogP contribution < -0.4 is 9.73 Å². The van der Waals surface area contributed by atoms with Crippen LogP contribution >= 0.6 is 15.9 Å². The SMILES string of the molecule is Cc1cc(/C=N/NC(=O)CN(c2cccc(C(F)(F)F)c2)S(=O)(=O)c2ccccc2)c(C)n1-c1cccc(Br)c1. The molecule has 0 bridgehead atoms. The molecule has 4 aromatic rings. The fourth-order valence-electron chi connectivity index (χ4n) is 4.14. The molecule has 208 valence electrons. The molecule has 0 fully saturated rings. The number of hydrogen-bond donors (Lipinski definition) is 1. The molecule has 0 spiro atoms. The summed E-state index contributed by atoms with van der Waals surface area (Å²) in [4.78, 5) is 12.7. The number of halogens is 4. The zero-order valence-corrected chi connectivity index (χ0v) is 23.8. The van der Waals surface area contributed by atoms with E-state index in [2.05, 4.69) is 26.5 Å². The fourth-order valence-corrected chi connectivity index (χ4v) is 5.96.